The molecule has 6 aromatic rings. The topological polar surface area (TPSA) is 148 Å². The molecule has 0 aliphatic carbocycles. The van der Waals surface area contributed by atoms with E-state index in [4.69, 9.17) is 27.1 Å². The molecule has 0 saturated carbocycles. The van der Waals surface area contributed by atoms with Crippen LogP contribution in [-0.2, 0) is 38.2 Å². The van der Waals surface area contributed by atoms with Gasteiger partial charge in [-0.15, -0.1) is 0 Å². The summed E-state index contributed by atoms with van der Waals surface area (Å²) in [5.74, 6) is 0. The summed E-state index contributed by atoms with van der Waals surface area (Å²) in [5, 5.41) is 24.0. The normalized spacial score (nSPS) is 23.9. The zero-order chi connectivity index (χ0) is 42.0. The summed E-state index contributed by atoms with van der Waals surface area (Å²) < 4.78 is 47.9. The molecule has 3 fully saturated rings. The van der Waals surface area contributed by atoms with E-state index in [1.165, 1.54) is 52.7 Å². The van der Waals surface area contributed by atoms with Crippen molar-refractivity contribution in [2.24, 2.45) is 0 Å². The van der Waals surface area contributed by atoms with Gasteiger partial charge in [-0.05, 0) is 0 Å². The second kappa shape index (κ2) is 14.1. The number of hydrogen-bond acceptors (Lipinski definition) is 12. The number of nitro benzene ring substituents is 2. The first-order valence-corrected chi connectivity index (χ1v) is 22.9. The second-order valence-electron chi connectivity index (χ2n) is 14.6. The number of nitro groups is 2. The van der Waals surface area contributed by atoms with Crippen molar-refractivity contribution in [3.8, 4) is 0 Å². The van der Waals surface area contributed by atoms with Gasteiger partial charge in [0.25, 0.3) is 0 Å². The van der Waals surface area contributed by atoms with Gasteiger partial charge in [0.05, 0.1) is 0 Å². The fourth-order valence-electron chi connectivity index (χ4n) is 9.84. The van der Waals surface area contributed by atoms with Gasteiger partial charge in [-0.3, -0.25) is 0 Å². The van der Waals surface area contributed by atoms with Crippen molar-refractivity contribution in [1.82, 2.24) is 8.88 Å². The quantitative estimate of drug-likeness (QED) is 0.0655. The Labute approximate surface area is 346 Å². The summed E-state index contributed by atoms with van der Waals surface area (Å²) in [5.41, 5.74) is 0.929. The van der Waals surface area contributed by atoms with Crippen molar-refractivity contribution in [3.05, 3.63) is 223 Å². The molecular formula is C44H42N4O10P2. The number of benzene rings is 6. The molecule has 3 heterocycles. The number of non-ortho nitro benzene ring substituents is 2. The van der Waals surface area contributed by atoms with Gasteiger partial charge >= 0.3 is 348 Å². The Balaban J connectivity index is 1.49. The van der Waals surface area contributed by atoms with E-state index in [0.717, 1.165) is 22.3 Å². The fraction of sp³-hybridized carbons (Fsp3) is 0.182. The van der Waals surface area contributed by atoms with Gasteiger partial charge in [0.1, 0.15) is 0 Å². The Kier molecular flexibility index (Phi) is 9.43. The van der Waals surface area contributed by atoms with Gasteiger partial charge in [-0.25, -0.2) is 0 Å². The van der Waals surface area contributed by atoms with Crippen LogP contribution in [0.2, 0.25) is 0 Å². The predicted molar refractivity (Wildman–Crippen MR) is 227 cm³/mol. The fourth-order valence-corrected chi connectivity index (χ4v) is 23.8. The van der Waals surface area contributed by atoms with Gasteiger partial charge in [0, 0.05) is 0 Å². The molecule has 6 aromatic carbocycles. The van der Waals surface area contributed by atoms with E-state index < -0.39 is 48.3 Å². The predicted octanol–water partition coefficient (Wildman–Crippen LogP) is 10.7. The number of hydrogen-bond donors (Lipinski definition) is 0. The van der Waals surface area contributed by atoms with E-state index in [0.29, 0.717) is 11.1 Å². The molecule has 3 saturated heterocycles. The van der Waals surface area contributed by atoms with Gasteiger partial charge in [-0.1, -0.05) is 0 Å². The van der Waals surface area contributed by atoms with Crippen LogP contribution in [0.3, 0.4) is 0 Å². The second-order valence-corrected chi connectivity index (χ2v) is 21.9. The average molecular weight is 849 g/mol. The number of nitrogens with zero attached hydrogens (tertiary/aromatic N) is 4. The first kappa shape index (κ1) is 40.1. The third-order valence-electron chi connectivity index (χ3n) is 12.1. The maximum absolute atomic E-state index is 12.0. The van der Waals surface area contributed by atoms with E-state index >= 15 is 0 Å². The molecule has 9 rings (SSSR count). The van der Waals surface area contributed by atoms with E-state index in [1.54, 1.807) is 24.3 Å². The summed E-state index contributed by atoms with van der Waals surface area (Å²) in [7, 11) is -4.38. The van der Waals surface area contributed by atoms with Crippen LogP contribution in [-0.4, -0.2) is 47.2 Å². The molecular weight excluding hydrogens is 806 g/mol. The molecule has 0 radical (unpaired) electrons. The van der Waals surface area contributed by atoms with Crippen molar-refractivity contribution in [3.63, 3.8) is 0 Å². The van der Waals surface area contributed by atoms with Crippen LogP contribution in [0, 0.1) is 20.2 Å². The van der Waals surface area contributed by atoms with Crippen LogP contribution in [0.1, 0.15) is 45.6 Å². The molecule has 3 aliphatic heterocycles. The Hall–Kier alpha value is -5.34. The standard InChI is InChI=1S/C44H42N4O10P2/c1-53-59(54-2)47(43(35-17-9-5-10-18-35,36-19-11-6-12-20-36)41(57-59)33-25-29-39(30-26-33)45(49)50)60(55-3,56-4)48(59)44(37-21-13-7-14-22-37,38-23-15-8-16-24-38)42(58-60)34-27-31-40(32-28-34)46(51)52/h5-32,41-42H,1-4H3. The average Bonchev–Trinajstić information content (AvgIpc) is 3.73. The van der Waals surface area contributed by atoms with Crippen molar-refractivity contribution in [1.29, 1.82) is 0 Å². The molecule has 308 valence electrons. The van der Waals surface area contributed by atoms with Crippen LogP contribution >= 0.6 is 15.2 Å². The van der Waals surface area contributed by atoms with Crippen molar-refractivity contribution in [2.75, 3.05) is 28.4 Å². The Morgan fingerprint density at radius 1 is 0.450 bits per heavy atom. The van der Waals surface area contributed by atoms with Crippen LogP contribution < -0.4 is 0 Å². The van der Waals surface area contributed by atoms with E-state index in [2.05, 4.69) is 0 Å². The van der Waals surface area contributed by atoms with Crippen molar-refractivity contribution in [2.45, 2.75) is 23.3 Å². The zero-order valence-corrected chi connectivity index (χ0v) is 34.9. The summed E-state index contributed by atoms with van der Waals surface area (Å²) in [6.45, 7) is 0. The number of rotatable bonds is 12. The Morgan fingerprint density at radius 2 is 0.700 bits per heavy atom. The summed E-state index contributed by atoms with van der Waals surface area (Å²) in [6.07, 6.45) is -2.05. The molecule has 2 unspecified atom stereocenters. The van der Waals surface area contributed by atoms with Crippen LogP contribution in [0.15, 0.2) is 170 Å². The zero-order valence-electron chi connectivity index (χ0n) is 33.1. The number of fused-ring (bicyclic) bond motifs is 4. The minimum absolute atomic E-state index is 0.0953. The van der Waals surface area contributed by atoms with Crippen LogP contribution in [0.4, 0.5) is 11.4 Å². The molecule has 2 atom stereocenters. The minimum atomic E-state index is -5.25. The summed E-state index contributed by atoms with van der Waals surface area (Å²) >= 11 is 0. The molecule has 0 amide bonds. The summed E-state index contributed by atoms with van der Waals surface area (Å²) in [6, 6.07) is 51.3. The van der Waals surface area contributed by atoms with E-state index in [-0.39, 0.29) is 11.4 Å². The first-order chi connectivity index (χ1) is 29.1. The first-order valence-electron chi connectivity index (χ1n) is 19.1. The molecule has 3 aliphatic rings. The van der Waals surface area contributed by atoms with Crippen LogP contribution in [0.25, 0.3) is 0 Å². The maximum atomic E-state index is 12.0. The molecule has 0 aromatic heterocycles. The Bertz CT molecular complexity index is 2290. The van der Waals surface area contributed by atoms with E-state index in [1.807, 2.05) is 130 Å². The van der Waals surface area contributed by atoms with Crippen LogP contribution in [0.5, 0.6) is 0 Å². The van der Waals surface area contributed by atoms with E-state index in [9.17, 15) is 20.2 Å². The van der Waals surface area contributed by atoms with Crippen molar-refractivity contribution >= 4 is 26.5 Å². The van der Waals surface area contributed by atoms with Gasteiger partial charge in [0.15, 0.2) is 0 Å². The monoisotopic (exact) mass is 848 g/mol. The van der Waals surface area contributed by atoms with Gasteiger partial charge < -0.3 is 0 Å². The van der Waals surface area contributed by atoms with Gasteiger partial charge in [-0.2, -0.15) is 0 Å². The third kappa shape index (κ3) is 4.83. The SMILES string of the molecule is COP12(OC)OC(c3ccc([N+](=O)[O-])cc3)C(c3ccccc3)(c3ccccc3)N1P1(OC)(OC)OC(c3ccc([N+](=O)[O-])cc3)C(c3ccccc3)(c3ccccc3)N21. The van der Waals surface area contributed by atoms with Gasteiger partial charge in [0.2, 0.25) is 0 Å². The molecule has 0 N–H and O–H groups in total. The van der Waals surface area contributed by atoms with Crippen molar-refractivity contribution < 1.29 is 37.0 Å². The molecule has 0 bridgehead atoms. The molecule has 14 nitrogen and oxygen atoms in total. The molecule has 60 heavy (non-hydrogen) atoms. The Morgan fingerprint density at radius 3 is 0.917 bits per heavy atom. The third-order valence-corrected chi connectivity index (χ3v) is 23.2. The molecule has 0 spiro atoms. The molecule has 16 heteroatoms. The summed E-state index contributed by atoms with van der Waals surface area (Å²) in [4.78, 5) is 23.1.